The van der Waals surface area contributed by atoms with E-state index >= 15 is 0 Å². The van der Waals surface area contributed by atoms with Crippen LogP contribution < -0.4 is 4.74 Å². The smallest absolute Gasteiger partial charge is 0.159 e. The maximum Gasteiger partial charge on any atom is 0.159 e. The van der Waals surface area contributed by atoms with Crippen molar-refractivity contribution >= 4 is 5.78 Å². The van der Waals surface area contributed by atoms with Gasteiger partial charge in [-0.2, -0.15) is 0 Å². The van der Waals surface area contributed by atoms with Crippen molar-refractivity contribution in [2.24, 2.45) is 5.92 Å². The summed E-state index contributed by atoms with van der Waals surface area (Å²) in [6.07, 6.45) is 6.59. The second-order valence-electron chi connectivity index (χ2n) is 5.19. The van der Waals surface area contributed by atoms with E-state index in [0.717, 1.165) is 17.7 Å². The zero-order chi connectivity index (χ0) is 13.0. The lowest BCUT2D eigenvalue weighted by Gasteiger charge is -2.31. The van der Waals surface area contributed by atoms with Crippen molar-refractivity contribution < 1.29 is 9.53 Å². The van der Waals surface area contributed by atoms with E-state index in [1.54, 1.807) is 6.92 Å². The summed E-state index contributed by atoms with van der Waals surface area (Å²) < 4.78 is 6.08. The Morgan fingerprint density at radius 2 is 1.89 bits per heavy atom. The van der Waals surface area contributed by atoms with Crippen molar-refractivity contribution in [2.75, 3.05) is 0 Å². The van der Waals surface area contributed by atoms with Gasteiger partial charge < -0.3 is 4.74 Å². The molecule has 0 N–H and O–H groups in total. The van der Waals surface area contributed by atoms with Crippen LogP contribution in [0.3, 0.4) is 0 Å². The number of ether oxygens (including phenoxy) is 1. The van der Waals surface area contributed by atoms with Crippen LogP contribution in [0, 0.1) is 5.92 Å². The number of benzene rings is 1. The first-order valence-corrected chi connectivity index (χ1v) is 6.98. The minimum atomic E-state index is 0.102. The van der Waals surface area contributed by atoms with Crippen molar-refractivity contribution in [1.82, 2.24) is 0 Å². The monoisotopic (exact) mass is 246 g/mol. The fourth-order valence-electron chi connectivity index (χ4n) is 2.74. The highest BCUT2D eigenvalue weighted by atomic mass is 16.5. The molecule has 0 heterocycles. The quantitative estimate of drug-likeness (QED) is 0.743. The van der Waals surface area contributed by atoms with E-state index in [-0.39, 0.29) is 5.78 Å². The fourth-order valence-corrected chi connectivity index (χ4v) is 2.74. The zero-order valence-electron chi connectivity index (χ0n) is 11.3. The molecule has 2 atom stereocenters. The van der Waals surface area contributed by atoms with Crippen LogP contribution in [0.15, 0.2) is 24.3 Å². The lowest BCUT2D eigenvalue weighted by atomic mass is 9.85. The Labute approximate surface area is 109 Å². The van der Waals surface area contributed by atoms with Gasteiger partial charge in [0.1, 0.15) is 11.9 Å². The summed E-state index contributed by atoms with van der Waals surface area (Å²) in [6.45, 7) is 3.83. The number of hydrogen-bond donors (Lipinski definition) is 0. The Balaban J connectivity index is 2.01. The van der Waals surface area contributed by atoms with E-state index in [9.17, 15) is 4.79 Å². The summed E-state index contributed by atoms with van der Waals surface area (Å²) in [5.41, 5.74) is 0.748. The van der Waals surface area contributed by atoms with E-state index in [1.807, 2.05) is 24.3 Å². The summed E-state index contributed by atoms with van der Waals surface area (Å²) in [5.74, 6) is 1.68. The molecule has 0 aromatic heterocycles. The van der Waals surface area contributed by atoms with Crippen LogP contribution in [0.25, 0.3) is 0 Å². The van der Waals surface area contributed by atoms with Gasteiger partial charge in [-0.15, -0.1) is 0 Å². The van der Waals surface area contributed by atoms with Gasteiger partial charge >= 0.3 is 0 Å². The molecule has 2 unspecified atom stereocenters. The van der Waals surface area contributed by atoms with Gasteiger partial charge in [0.15, 0.2) is 5.78 Å². The molecular weight excluding hydrogens is 224 g/mol. The lowest BCUT2D eigenvalue weighted by molar-refractivity contribution is 0.0903. The molecule has 1 aromatic carbocycles. The molecule has 98 valence electrons. The van der Waals surface area contributed by atoms with Gasteiger partial charge in [-0.3, -0.25) is 4.79 Å². The molecule has 1 aliphatic rings. The molecule has 2 rings (SSSR count). The van der Waals surface area contributed by atoms with Gasteiger partial charge in [0.2, 0.25) is 0 Å². The SMILES string of the molecule is CCC1CCCCC1Oc1ccc(C(C)=O)cc1. The highest BCUT2D eigenvalue weighted by Gasteiger charge is 2.25. The van der Waals surface area contributed by atoms with E-state index in [0.29, 0.717) is 12.0 Å². The Hall–Kier alpha value is -1.31. The molecule has 0 radical (unpaired) electrons. The summed E-state index contributed by atoms with van der Waals surface area (Å²) in [6, 6.07) is 7.53. The minimum Gasteiger partial charge on any atom is -0.490 e. The normalized spacial score (nSPS) is 23.7. The molecule has 1 saturated carbocycles. The minimum absolute atomic E-state index is 0.102. The number of Topliss-reactive ketones (excluding diaryl/α,β-unsaturated/α-hetero) is 1. The largest absolute Gasteiger partial charge is 0.490 e. The standard InChI is InChI=1S/C16H22O2/c1-3-13-6-4-5-7-16(13)18-15-10-8-14(9-11-15)12(2)17/h8-11,13,16H,3-7H2,1-2H3. The van der Waals surface area contributed by atoms with Gasteiger partial charge in [-0.1, -0.05) is 13.3 Å². The molecule has 1 aliphatic carbocycles. The van der Waals surface area contributed by atoms with Crippen LogP contribution in [0.2, 0.25) is 0 Å². The molecule has 0 bridgehead atoms. The first-order valence-electron chi connectivity index (χ1n) is 6.98. The number of rotatable bonds is 4. The van der Waals surface area contributed by atoms with E-state index < -0.39 is 0 Å². The third-order valence-corrected chi connectivity index (χ3v) is 3.91. The summed E-state index contributed by atoms with van der Waals surface area (Å²) in [5, 5.41) is 0. The Morgan fingerprint density at radius 1 is 1.22 bits per heavy atom. The highest BCUT2D eigenvalue weighted by molar-refractivity contribution is 5.94. The Bertz CT molecular complexity index is 394. The van der Waals surface area contributed by atoms with Crippen LogP contribution in [-0.4, -0.2) is 11.9 Å². The first-order chi connectivity index (χ1) is 8.70. The molecule has 0 aliphatic heterocycles. The van der Waals surface area contributed by atoms with Crippen molar-refractivity contribution in [3.8, 4) is 5.75 Å². The van der Waals surface area contributed by atoms with Crippen molar-refractivity contribution in [2.45, 2.75) is 52.1 Å². The predicted molar refractivity (Wildman–Crippen MR) is 73.1 cm³/mol. The van der Waals surface area contributed by atoms with Crippen LogP contribution in [0.4, 0.5) is 0 Å². The molecule has 0 saturated heterocycles. The van der Waals surface area contributed by atoms with E-state index in [2.05, 4.69) is 6.92 Å². The average molecular weight is 246 g/mol. The second-order valence-corrected chi connectivity index (χ2v) is 5.19. The van der Waals surface area contributed by atoms with Crippen LogP contribution in [-0.2, 0) is 0 Å². The molecule has 0 amide bonds. The molecule has 1 aromatic rings. The average Bonchev–Trinajstić information content (AvgIpc) is 2.40. The fraction of sp³-hybridized carbons (Fsp3) is 0.562. The maximum atomic E-state index is 11.2. The van der Waals surface area contributed by atoms with Crippen molar-refractivity contribution in [1.29, 1.82) is 0 Å². The molecule has 0 spiro atoms. The molecular formula is C16H22O2. The maximum absolute atomic E-state index is 11.2. The van der Waals surface area contributed by atoms with Crippen molar-refractivity contribution in [3.63, 3.8) is 0 Å². The van der Waals surface area contributed by atoms with E-state index in [4.69, 9.17) is 4.74 Å². The number of hydrogen-bond acceptors (Lipinski definition) is 2. The summed E-state index contributed by atoms with van der Waals surface area (Å²) in [7, 11) is 0. The van der Waals surface area contributed by atoms with Gasteiger partial charge in [-0.25, -0.2) is 0 Å². The molecule has 18 heavy (non-hydrogen) atoms. The molecule has 2 heteroatoms. The summed E-state index contributed by atoms with van der Waals surface area (Å²) >= 11 is 0. The predicted octanol–water partition coefficient (Wildman–Crippen LogP) is 4.24. The number of carbonyl (C=O) groups excluding carboxylic acids is 1. The third-order valence-electron chi connectivity index (χ3n) is 3.91. The molecule has 1 fully saturated rings. The van der Waals surface area contributed by atoms with Gasteiger partial charge in [-0.05, 0) is 62.8 Å². The zero-order valence-corrected chi connectivity index (χ0v) is 11.3. The number of carbonyl (C=O) groups is 1. The lowest BCUT2D eigenvalue weighted by Crippen LogP contribution is -2.29. The Kier molecular flexibility index (Phi) is 4.40. The van der Waals surface area contributed by atoms with Crippen LogP contribution >= 0.6 is 0 Å². The van der Waals surface area contributed by atoms with Gasteiger partial charge in [0.25, 0.3) is 0 Å². The van der Waals surface area contributed by atoms with Crippen molar-refractivity contribution in [3.05, 3.63) is 29.8 Å². The Morgan fingerprint density at radius 3 is 2.50 bits per heavy atom. The third kappa shape index (κ3) is 3.12. The first kappa shape index (κ1) is 13.1. The van der Waals surface area contributed by atoms with Crippen LogP contribution in [0.1, 0.15) is 56.3 Å². The second kappa shape index (κ2) is 6.03. The number of ketones is 1. The van der Waals surface area contributed by atoms with Gasteiger partial charge in [0, 0.05) is 5.56 Å². The van der Waals surface area contributed by atoms with E-state index in [1.165, 1.54) is 25.7 Å². The van der Waals surface area contributed by atoms with Gasteiger partial charge in [0.05, 0.1) is 0 Å². The highest BCUT2D eigenvalue weighted by Crippen LogP contribution is 2.30. The summed E-state index contributed by atoms with van der Waals surface area (Å²) in [4.78, 5) is 11.2. The molecule has 2 nitrogen and oxygen atoms in total. The topological polar surface area (TPSA) is 26.3 Å². The van der Waals surface area contributed by atoms with Crippen LogP contribution in [0.5, 0.6) is 5.75 Å².